The standard InChI is InChI=1S/C18H17N5S/c1-12-18(15-6-4-14(8-19)5-7-15)13(2)23(22-12)10-17-21-16(9-20-3)11-24-17/h4-7,9,11H,10H2,1-3H3. The Hall–Kier alpha value is -2.78. The molecule has 5 nitrogen and oxygen atoms in total. The zero-order chi connectivity index (χ0) is 17.1. The Labute approximate surface area is 144 Å². The van der Waals surface area contributed by atoms with Gasteiger partial charge in [0, 0.05) is 29.9 Å². The van der Waals surface area contributed by atoms with E-state index in [1.165, 1.54) is 0 Å². The van der Waals surface area contributed by atoms with Gasteiger partial charge in [-0.15, -0.1) is 11.3 Å². The molecule has 0 aliphatic heterocycles. The van der Waals surface area contributed by atoms with E-state index in [-0.39, 0.29) is 0 Å². The molecule has 0 unspecified atom stereocenters. The molecule has 120 valence electrons. The summed E-state index contributed by atoms with van der Waals surface area (Å²) in [6.07, 6.45) is 1.75. The number of hydrogen-bond acceptors (Lipinski definition) is 5. The van der Waals surface area contributed by atoms with Crippen LogP contribution in [0, 0.1) is 25.2 Å². The number of aliphatic imine (C=N–C) groups is 1. The molecule has 0 N–H and O–H groups in total. The predicted molar refractivity (Wildman–Crippen MR) is 96.6 cm³/mol. The second kappa shape index (κ2) is 6.77. The molecular weight excluding hydrogens is 318 g/mol. The van der Waals surface area contributed by atoms with Gasteiger partial charge >= 0.3 is 0 Å². The van der Waals surface area contributed by atoms with Gasteiger partial charge in [0.1, 0.15) is 5.01 Å². The Morgan fingerprint density at radius 2 is 2.04 bits per heavy atom. The molecule has 1 aromatic carbocycles. The van der Waals surface area contributed by atoms with Crippen molar-refractivity contribution in [2.45, 2.75) is 20.4 Å². The molecule has 0 aliphatic carbocycles. The van der Waals surface area contributed by atoms with Crippen molar-refractivity contribution in [1.82, 2.24) is 14.8 Å². The van der Waals surface area contributed by atoms with Gasteiger partial charge in [-0.3, -0.25) is 9.67 Å². The number of nitriles is 1. The molecule has 0 saturated heterocycles. The fourth-order valence-corrected chi connectivity index (χ4v) is 3.42. The number of thiazole rings is 1. The van der Waals surface area contributed by atoms with Gasteiger partial charge < -0.3 is 0 Å². The Morgan fingerprint density at radius 1 is 1.29 bits per heavy atom. The van der Waals surface area contributed by atoms with Crippen LogP contribution >= 0.6 is 11.3 Å². The SMILES string of the molecule is CN=Cc1csc(Cn2nc(C)c(-c3ccc(C#N)cc3)c2C)n1. The van der Waals surface area contributed by atoms with E-state index in [0.29, 0.717) is 12.1 Å². The van der Waals surface area contributed by atoms with E-state index in [2.05, 4.69) is 28.1 Å². The number of benzene rings is 1. The van der Waals surface area contributed by atoms with Crippen molar-refractivity contribution >= 4 is 17.6 Å². The predicted octanol–water partition coefficient (Wildman–Crippen LogP) is 3.59. The van der Waals surface area contributed by atoms with Crippen molar-refractivity contribution < 1.29 is 0 Å². The maximum Gasteiger partial charge on any atom is 0.115 e. The maximum absolute atomic E-state index is 8.94. The quantitative estimate of drug-likeness (QED) is 0.684. The summed E-state index contributed by atoms with van der Waals surface area (Å²) in [4.78, 5) is 8.53. The Bertz CT molecular complexity index is 925. The van der Waals surface area contributed by atoms with Gasteiger partial charge in [0.05, 0.1) is 29.6 Å². The second-order valence-electron chi connectivity index (χ2n) is 5.45. The van der Waals surface area contributed by atoms with E-state index in [1.54, 1.807) is 24.6 Å². The number of nitrogens with zero attached hydrogens (tertiary/aromatic N) is 5. The van der Waals surface area contributed by atoms with Crippen LogP contribution in [0.1, 0.15) is 27.7 Å². The van der Waals surface area contributed by atoms with Crippen molar-refractivity contribution in [3.8, 4) is 17.2 Å². The summed E-state index contributed by atoms with van der Waals surface area (Å²) in [6.45, 7) is 4.72. The van der Waals surface area contributed by atoms with E-state index in [1.807, 2.05) is 41.3 Å². The van der Waals surface area contributed by atoms with Crippen LogP contribution < -0.4 is 0 Å². The zero-order valence-electron chi connectivity index (χ0n) is 13.8. The minimum absolute atomic E-state index is 0.644. The fourth-order valence-electron chi connectivity index (χ4n) is 2.70. The van der Waals surface area contributed by atoms with Crippen LogP contribution in [0.25, 0.3) is 11.1 Å². The molecule has 0 aliphatic rings. The summed E-state index contributed by atoms with van der Waals surface area (Å²) in [5.41, 5.74) is 5.81. The number of aryl methyl sites for hydroxylation is 1. The van der Waals surface area contributed by atoms with E-state index in [9.17, 15) is 0 Å². The lowest BCUT2D eigenvalue weighted by atomic mass is 10.0. The molecule has 3 rings (SSSR count). The summed E-state index contributed by atoms with van der Waals surface area (Å²) < 4.78 is 1.98. The van der Waals surface area contributed by atoms with Gasteiger partial charge in [0.25, 0.3) is 0 Å². The first-order chi connectivity index (χ1) is 11.6. The third-order valence-electron chi connectivity index (χ3n) is 3.80. The molecule has 0 bridgehead atoms. The molecule has 3 aromatic rings. The number of hydrogen-bond donors (Lipinski definition) is 0. The van der Waals surface area contributed by atoms with E-state index < -0.39 is 0 Å². The van der Waals surface area contributed by atoms with Crippen molar-refractivity contribution in [1.29, 1.82) is 5.26 Å². The van der Waals surface area contributed by atoms with Crippen LogP contribution in [0.4, 0.5) is 0 Å². The molecule has 6 heteroatoms. The second-order valence-corrected chi connectivity index (χ2v) is 6.39. The number of rotatable bonds is 4. The lowest BCUT2D eigenvalue weighted by Gasteiger charge is -2.04. The molecule has 0 saturated carbocycles. The molecule has 0 fully saturated rings. The van der Waals surface area contributed by atoms with Gasteiger partial charge in [0.2, 0.25) is 0 Å². The zero-order valence-corrected chi connectivity index (χ0v) is 14.6. The van der Waals surface area contributed by atoms with Gasteiger partial charge in [-0.2, -0.15) is 10.4 Å². The first kappa shape index (κ1) is 16.1. The average Bonchev–Trinajstić information content (AvgIpc) is 3.13. The van der Waals surface area contributed by atoms with E-state index in [0.717, 1.165) is 33.2 Å². The van der Waals surface area contributed by atoms with Crippen molar-refractivity contribution in [3.63, 3.8) is 0 Å². The van der Waals surface area contributed by atoms with Crippen LogP contribution in [-0.4, -0.2) is 28.0 Å². The Morgan fingerprint density at radius 3 is 2.71 bits per heavy atom. The highest BCUT2D eigenvalue weighted by Crippen LogP contribution is 2.27. The lowest BCUT2D eigenvalue weighted by Crippen LogP contribution is -2.04. The molecule has 2 aromatic heterocycles. The number of aromatic nitrogens is 3. The van der Waals surface area contributed by atoms with Gasteiger partial charge in [-0.1, -0.05) is 12.1 Å². The average molecular weight is 335 g/mol. The normalized spacial score (nSPS) is 11.1. The molecule has 2 heterocycles. The Balaban J connectivity index is 1.92. The van der Waals surface area contributed by atoms with Crippen LogP contribution in [0.15, 0.2) is 34.6 Å². The minimum atomic E-state index is 0.644. The van der Waals surface area contributed by atoms with Gasteiger partial charge in [-0.05, 0) is 31.5 Å². The van der Waals surface area contributed by atoms with Crippen LogP contribution in [0.3, 0.4) is 0 Å². The third-order valence-corrected chi connectivity index (χ3v) is 4.65. The monoisotopic (exact) mass is 335 g/mol. The van der Waals surface area contributed by atoms with Crippen LogP contribution in [0.2, 0.25) is 0 Å². The third kappa shape index (κ3) is 3.12. The highest BCUT2D eigenvalue weighted by Gasteiger charge is 2.14. The molecule has 24 heavy (non-hydrogen) atoms. The highest BCUT2D eigenvalue weighted by molar-refractivity contribution is 7.09. The molecule has 0 radical (unpaired) electrons. The van der Waals surface area contributed by atoms with Crippen molar-refractivity contribution in [2.24, 2.45) is 4.99 Å². The molecule has 0 spiro atoms. The largest absolute Gasteiger partial charge is 0.294 e. The lowest BCUT2D eigenvalue weighted by molar-refractivity contribution is 0.656. The molecular formula is C18H17N5S. The summed E-state index contributed by atoms with van der Waals surface area (Å²) in [6, 6.07) is 9.76. The molecule has 0 amide bonds. The first-order valence-corrected chi connectivity index (χ1v) is 8.41. The van der Waals surface area contributed by atoms with Crippen LogP contribution in [0.5, 0.6) is 0 Å². The van der Waals surface area contributed by atoms with E-state index >= 15 is 0 Å². The van der Waals surface area contributed by atoms with Gasteiger partial charge in [0.15, 0.2) is 0 Å². The maximum atomic E-state index is 8.94. The Kier molecular flexibility index (Phi) is 4.54. The van der Waals surface area contributed by atoms with Crippen LogP contribution in [-0.2, 0) is 6.54 Å². The summed E-state index contributed by atoms with van der Waals surface area (Å²) in [7, 11) is 1.74. The highest BCUT2D eigenvalue weighted by atomic mass is 32.1. The molecule has 0 atom stereocenters. The minimum Gasteiger partial charge on any atom is -0.294 e. The van der Waals surface area contributed by atoms with Crippen molar-refractivity contribution in [2.75, 3.05) is 7.05 Å². The van der Waals surface area contributed by atoms with Crippen molar-refractivity contribution in [3.05, 3.63) is 57.3 Å². The smallest absolute Gasteiger partial charge is 0.115 e. The summed E-state index contributed by atoms with van der Waals surface area (Å²) in [5, 5.41) is 16.6. The van der Waals surface area contributed by atoms with E-state index in [4.69, 9.17) is 5.26 Å². The fraction of sp³-hybridized carbons (Fsp3) is 0.222. The van der Waals surface area contributed by atoms with Gasteiger partial charge in [-0.25, -0.2) is 4.98 Å². The summed E-state index contributed by atoms with van der Waals surface area (Å²) in [5.74, 6) is 0. The topological polar surface area (TPSA) is 66.9 Å². The first-order valence-electron chi connectivity index (χ1n) is 7.53. The summed E-state index contributed by atoms with van der Waals surface area (Å²) >= 11 is 1.61.